The molecule has 10 nitrogen and oxygen atoms in total. The van der Waals surface area contributed by atoms with E-state index in [-0.39, 0.29) is 11.3 Å². The first kappa shape index (κ1) is 16.2. The molecule has 1 amide bonds. The summed E-state index contributed by atoms with van der Waals surface area (Å²) >= 11 is 0. The monoisotopic (exact) mass is 355 g/mol. The summed E-state index contributed by atoms with van der Waals surface area (Å²) in [6, 6.07) is 3.51. The van der Waals surface area contributed by atoms with Crippen LogP contribution in [-0.4, -0.2) is 62.9 Å². The molecule has 1 saturated heterocycles. The third-order valence-corrected chi connectivity index (χ3v) is 4.18. The van der Waals surface area contributed by atoms with Crippen LogP contribution in [0.5, 0.6) is 0 Å². The van der Waals surface area contributed by atoms with E-state index in [9.17, 15) is 9.59 Å². The van der Waals surface area contributed by atoms with Gasteiger partial charge in [-0.3, -0.25) is 14.3 Å². The van der Waals surface area contributed by atoms with Gasteiger partial charge in [0.2, 0.25) is 5.95 Å². The topological polar surface area (TPSA) is 107 Å². The van der Waals surface area contributed by atoms with Gasteiger partial charge in [-0.1, -0.05) is 0 Å². The van der Waals surface area contributed by atoms with Crippen LogP contribution in [0.2, 0.25) is 0 Å². The summed E-state index contributed by atoms with van der Waals surface area (Å²) in [4.78, 5) is 30.1. The number of aryl methyl sites for hydroxylation is 1. The first-order valence-corrected chi connectivity index (χ1v) is 8.13. The van der Waals surface area contributed by atoms with Crippen LogP contribution < -0.4 is 10.2 Å². The van der Waals surface area contributed by atoms with Crippen molar-refractivity contribution in [1.29, 1.82) is 0 Å². The van der Waals surface area contributed by atoms with E-state index >= 15 is 0 Å². The fourth-order valence-corrected chi connectivity index (χ4v) is 2.85. The van der Waals surface area contributed by atoms with Gasteiger partial charge in [0.05, 0.1) is 36.9 Å². The van der Waals surface area contributed by atoms with Gasteiger partial charge in [0, 0.05) is 20.1 Å². The van der Waals surface area contributed by atoms with E-state index in [1.807, 2.05) is 0 Å². The number of fused-ring (bicyclic) bond motifs is 1. The largest absolute Gasteiger partial charge is 0.378 e. The van der Waals surface area contributed by atoms with Crippen LogP contribution in [0.3, 0.4) is 0 Å². The van der Waals surface area contributed by atoms with Gasteiger partial charge in [-0.2, -0.15) is 10.1 Å². The number of morpholine rings is 1. The van der Waals surface area contributed by atoms with Crippen molar-refractivity contribution in [3.63, 3.8) is 0 Å². The van der Waals surface area contributed by atoms with Crippen molar-refractivity contribution in [3.8, 4) is 0 Å². The molecule has 4 rings (SSSR count). The van der Waals surface area contributed by atoms with Crippen molar-refractivity contribution in [2.45, 2.75) is 0 Å². The summed E-state index contributed by atoms with van der Waals surface area (Å²) < 4.78 is 8.32. The summed E-state index contributed by atoms with van der Waals surface area (Å²) in [6.45, 7) is 2.80. The lowest BCUT2D eigenvalue weighted by molar-refractivity contribution is 0.101. The smallest absolute Gasteiger partial charge is 0.274 e. The fraction of sp³-hybridized carbons (Fsp3) is 0.312. The van der Waals surface area contributed by atoms with Crippen molar-refractivity contribution in [2.24, 2.45) is 7.05 Å². The Labute approximate surface area is 148 Å². The molecule has 1 fully saturated rings. The molecule has 1 N–H and O–H groups in total. The number of nitrogens with zero attached hydrogens (tertiary/aromatic N) is 6. The van der Waals surface area contributed by atoms with E-state index in [2.05, 4.69) is 25.4 Å². The Morgan fingerprint density at radius 2 is 2.12 bits per heavy atom. The fourth-order valence-electron chi connectivity index (χ4n) is 2.85. The molecular weight excluding hydrogens is 338 g/mol. The number of hydrogen-bond donors (Lipinski definition) is 1. The predicted molar refractivity (Wildman–Crippen MR) is 92.6 cm³/mol. The highest BCUT2D eigenvalue weighted by Gasteiger charge is 2.18. The molecule has 0 saturated carbocycles. The molecule has 0 aliphatic carbocycles. The molecule has 0 radical (unpaired) electrons. The molecule has 0 unspecified atom stereocenters. The number of ether oxygens (including phenoxy) is 1. The van der Waals surface area contributed by atoms with Gasteiger partial charge in [0.1, 0.15) is 5.69 Å². The predicted octanol–water partition coefficient (Wildman–Crippen LogP) is 0.364. The number of pyridine rings is 1. The highest BCUT2D eigenvalue weighted by atomic mass is 16.5. The maximum Gasteiger partial charge on any atom is 0.274 e. The standard InChI is InChI=1S/C16H17N7O3/c1-21-14(11(10-24)8-17-21)15(25)18-12-2-3-13-19-16(20-23(13)9-12)22-4-6-26-7-5-22/h2-3,8-10H,4-7H2,1H3,(H,18,25). The molecule has 0 bridgehead atoms. The Balaban J connectivity index is 1.58. The van der Waals surface area contributed by atoms with Crippen molar-refractivity contribution in [1.82, 2.24) is 24.4 Å². The summed E-state index contributed by atoms with van der Waals surface area (Å²) in [5.41, 5.74) is 1.66. The maximum absolute atomic E-state index is 12.5. The van der Waals surface area contributed by atoms with E-state index in [1.54, 1.807) is 29.9 Å². The Bertz CT molecular complexity index is 972. The van der Waals surface area contributed by atoms with Gasteiger partial charge in [0.15, 0.2) is 11.9 Å². The molecule has 0 spiro atoms. The van der Waals surface area contributed by atoms with Crippen LogP contribution in [0, 0.1) is 0 Å². The molecule has 26 heavy (non-hydrogen) atoms. The number of nitrogens with one attached hydrogen (secondary N) is 1. The van der Waals surface area contributed by atoms with Crippen LogP contribution in [0.15, 0.2) is 24.5 Å². The van der Waals surface area contributed by atoms with E-state index < -0.39 is 5.91 Å². The Kier molecular flexibility index (Phi) is 4.09. The van der Waals surface area contributed by atoms with E-state index in [1.165, 1.54) is 10.9 Å². The minimum atomic E-state index is -0.417. The molecule has 1 aliphatic heterocycles. The van der Waals surface area contributed by atoms with Gasteiger partial charge in [-0.05, 0) is 12.1 Å². The number of aromatic nitrogens is 5. The molecule has 134 valence electrons. The SMILES string of the molecule is Cn1ncc(C=O)c1C(=O)Nc1ccc2nc(N3CCOCC3)nn2c1. The van der Waals surface area contributed by atoms with Crippen molar-refractivity contribution >= 4 is 29.5 Å². The molecule has 4 heterocycles. The second-order valence-corrected chi connectivity index (χ2v) is 5.88. The van der Waals surface area contributed by atoms with E-state index in [0.29, 0.717) is 36.8 Å². The van der Waals surface area contributed by atoms with Crippen molar-refractivity contribution in [2.75, 3.05) is 36.5 Å². The number of carbonyl (C=O) groups is 2. The van der Waals surface area contributed by atoms with Crippen LogP contribution in [0.1, 0.15) is 20.8 Å². The molecule has 3 aromatic rings. The quantitative estimate of drug-likeness (QED) is 0.674. The number of amides is 1. The number of anilines is 2. The molecule has 1 aliphatic rings. The third kappa shape index (κ3) is 2.90. The second-order valence-electron chi connectivity index (χ2n) is 5.88. The Morgan fingerprint density at radius 1 is 1.31 bits per heavy atom. The summed E-state index contributed by atoms with van der Waals surface area (Å²) in [6.07, 6.45) is 3.65. The third-order valence-electron chi connectivity index (χ3n) is 4.18. The minimum Gasteiger partial charge on any atom is -0.378 e. The van der Waals surface area contributed by atoms with Crippen LogP contribution >= 0.6 is 0 Å². The average molecular weight is 355 g/mol. The normalized spacial score (nSPS) is 14.6. The number of carbonyl (C=O) groups excluding carboxylic acids is 2. The average Bonchev–Trinajstić information content (AvgIpc) is 3.25. The first-order chi connectivity index (χ1) is 12.7. The maximum atomic E-state index is 12.5. The Hall–Kier alpha value is -3.27. The van der Waals surface area contributed by atoms with Crippen LogP contribution in [0.25, 0.3) is 5.65 Å². The zero-order valence-electron chi connectivity index (χ0n) is 14.1. The molecular formula is C16H17N7O3. The molecule has 3 aromatic heterocycles. The summed E-state index contributed by atoms with van der Waals surface area (Å²) in [5.74, 6) is 0.214. The lowest BCUT2D eigenvalue weighted by Gasteiger charge is -2.25. The van der Waals surface area contributed by atoms with E-state index in [0.717, 1.165) is 13.1 Å². The molecule has 10 heteroatoms. The number of hydrogen-bond acceptors (Lipinski definition) is 7. The lowest BCUT2D eigenvalue weighted by Crippen LogP contribution is -2.36. The number of rotatable bonds is 4. The van der Waals surface area contributed by atoms with Gasteiger partial charge in [-0.15, -0.1) is 5.10 Å². The summed E-state index contributed by atoms with van der Waals surface area (Å²) in [5, 5.41) is 11.2. The van der Waals surface area contributed by atoms with Crippen molar-refractivity contribution in [3.05, 3.63) is 35.8 Å². The van der Waals surface area contributed by atoms with Gasteiger partial charge in [-0.25, -0.2) is 4.52 Å². The van der Waals surface area contributed by atoms with Crippen molar-refractivity contribution < 1.29 is 14.3 Å². The minimum absolute atomic E-state index is 0.202. The van der Waals surface area contributed by atoms with Gasteiger partial charge in [0.25, 0.3) is 5.91 Å². The van der Waals surface area contributed by atoms with E-state index in [4.69, 9.17) is 4.74 Å². The highest BCUT2D eigenvalue weighted by Crippen LogP contribution is 2.16. The summed E-state index contributed by atoms with van der Waals surface area (Å²) in [7, 11) is 1.61. The Morgan fingerprint density at radius 3 is 2.88 bits per heavy atom. The lowest BCUT2D eigenvalue weighted by atomic mass is 10.2. The first-order valence-electron chi connectivity index (χ1n) is 8.13. The van der Waals surface area contributed by atoms with Crippen LogP contribution in [0.4, 0.5) is 11.6 Å². The second kappa shape index (κ2) is 6.56. The van der Waals surface area contributed by atoms with Gasteiger partial charge >= 0.3 is 0 Å². The number of aldehydes is 1. The molecule has 0 aromatic carbocycles. The van der Waals surface area contributed by atoms with Gasteiger partial charge < -0.3 is 15.0 Å². The zero-order chi connectivity index (χ0) is 18.1. The van der Waals surface area contributed by atoms with Crippen LogP contribution in [-0.2, 0) is 11.8 Å². The molecule has 0 atom stereocenters. The highest BCUT2D eigenvalue weighted by molar-refractivity contribution is 6.07. The zero-order valence-corrected chi connectivity index (χ0v) is 14.1.